The number of carbonyl (C=O) groups excluding carboxylic acids is 2. The molecule has 2 N–H and O–H groups in total. The van der Waals surface area contributed by atoms with Crippen molar-refractivity contribution in [2.24, 2.45) is 0 Å². The molecule has 3 amide bonds. The molecule has 0 aromatic heterocycles. The molecule has 14 heavy (non-hydrogen) atoms. The van der Waals surface area contributed by atoms with E-state index in [1.54, 1.807) is 0 Å². The lowest BCUT2D eigenvalue weighted by Crippen LogP contribution is -2.49. The number of rotatable bonds is 2. The highest BCUT2D eigenvalue weighted by Crippen LogP contribution is 2.04. The van der Waals surface area contributed by atoms with Crippen molar-refractivity contribution in [2.75, 3.05) is 13.1 Å². The predicted octanol–water partition coefficient (Wildman–Crippen LogP) is -0.431. The number of imide groups is 1. The lowest BCUT2D eigenvalue weighted by molar-refractivity contribution is -0.131. The Morgan fingerprint density at radius 2 is 1.86 bits per heavy atom. The van der Waals surface area contributed by atoms with E-state index in [9.17, 15) is 14.4 Å². The number of nitrogens with zero attached hydrogens (tertiary/aromatic N) is 1. The molecule has 0 radical (unpaired) electrons. The van der Waals surface area contributed by atoms with Crippen molar-refractivity contribution in [2.45, 2.75) is 6.42 Å². The molecule has 0 saturated carbocycles. The van der Waals surface area contributed by atoms with Gasteiger partial charge in [0.2, 0.25) is 0 Å². The maximum Gasteiger partial charge on any atom is 0.328 e. The Labute approximate surface area is 80.2 Å². The fourth-order valence-electron chi connectivity index (χ4n) is 0.892. The number of carboxylic acids is 1. The van der Waals surface area contributed by atoms with Crippen molar-refractivity contribution in [1.29, 1.82) is 0 Å². The number of carboxylic acid groups (broad SMARTS) is 1. The summed E-state index contributed by atoms with van der Waals surface area (Å²) in [6.45, 7) is 1.28. The molecule has 1 saturated heterocycles. The SMILES string of the molecule is O=C(O)/C=C/C(=O)NC(=O)N1CCC1. The summed E-state index contributed by atoms with van der Waals surface area (Å²) in [4.78, 5) is 33.5. The van der Waals surface area contributed by atoms with Crippen molar-refractivity contribution in [3.63, 3.8) is 0 Å². The van der Waals surface area contributed by atoms with Crippen molar-refractivity contribution in [3.8, 4) is 0 Å². The topological polar surface area (TPSA) is 86.7 Å². The van der Waals surface area contributed by atoms with E-state index in [1.165, 1.54) is 4.90 Å². The van der Waals surface area contributed by atoms with Crippen LogP contribution in [0.15, 0.2) is 12.2 Å². The third-order valence-electron chi connectivity index (χ3n) is 1.75. The van der Waals surface area contributed by atoms with Crippen LogP contribution in [0.25, 0.3) is 0 Å². The lowest BCUT2D eigenvalue weighted by atomic mass is 10.2. The number of aliphatic carboxylic acids is 1. The van der Waals surface area contributed by atoms with Crippen LogP contribution in [-0.2, 0) is 9.59 Å². The zero-order chi connectivity index (χ0) is 10.6. The van der Waals surface area contributed by atoms with Crippen LogP contribution in [0.3, 0.4) is 0 Å². The number of hydrogen-bond acceptors (Lipinski definition) is 3. The summed E-state index contributed by atoms with van der Waals surface area (Å²) in [6, 6.07) is -0.476. The van der Waals surface area contributed by atoms with Crippen molar-refractivity contribution >= 4 is 17.9 Å². The van der Waals surface area contributed by atoms with Crippen LogP contribution in [0, 0.1) is 0 Å². The largest absolute Gasteiger partial charge is 0.478 e. The van der Waals surface area contributed by atoms with E-state index in [-0.39, 0.29) is 0 Å². The molecule has 6 nitrogen and oxygen atoms in total. The first-order valence-corrected chi connectivity index (χ1v) is 4.10. The standard InChI is InChI=1S/C8H10N2O4/c11-6(2-3-7(12)13)9-8(14)10-4-1-5-10/h2-3H,1,4-5H2,(H,12,13)(H,9,11,14)/b3-2+. The van der Waals surface area contributed by atoms with Crippen molar-refractivity contribution < 1.29 is 19.5 Å². The summed E-state index contributed by atoms with van der Waals surface area (Å²) in [5.74, 6) is -1.94. The molecule has 0 atom stereocenters. The molecule has 76 valence electrons. The van der Waals surface area contributed by atoms with E-state index in [1.807, 2.05) is 5.32 Å². The normalized spacial score (nSPS) is 15.0. The average molecular weight is 198 g/mol. The van der Waals surface area contributed by atoms with E-state index in [4.69, 9.17) is 5.11 Å². The maximum atomic E-state index is 11.1. The van der Waals surface area contributed by atoms with E-state index >= 15 is 0 Å². The van der Waals surface area contributed by atoms with E-state index in [2.05, 4.69) is 0 Å². The number of urea groups is 1. The molecular formula is C8H10N2O4. The minimum Gasteiger partial charge on any atom is -0.478 e. The van der Waals surface area contributed by atoms with E-state index < -0.39 is 17.9 Å². The Kier molecular flexibility index (Phi) is 3.22. The quantitative estimate of drug-likeness (QED) is 0.589. The minimum atomic E-state index is -1.23. The van der Waals surface area contributed by atoms with Gasteiger partial charge in [-0.3, -0.25) is 10.1 Å². The van der Waals surface area contributed by atoms with Gasteiger partial charge in [0.25, 0.3) is 5.91 Å². The van der Waals surface area contributed by atoms with Gasteiger partial charge in [0.05, 0.1) is 0 Å². The van der Waals surface area contributed by atoms with Crippen LogP contribution in [0.2, 0.25) is 0 Å². The fourth-order valence-corrected chi connectivity index (χ4v) is 0.892. The zero-order valence-corrected chi connectivity index (χ0v) is 7.40. The molecule has 0 aromatic carbocycles. The number of nitrogens with one attached hydrogen (secondary N) is 1. The number of amides is 3. The molecule has 0 spiro atoms. The summed E-state index contributed by atoms with van der Waals surface area (Å²) in [5, 5.41) is 10.2. The van der Waals surface area contributed by atoms with Gasteiger partial charge in [0.1, 0.15) is 0 Å². The van der Waals surface area contributed by atoms with Gasteiger partial charge in [-0.25, -0.2) is 9.59 Å². The lowest BCUT2D eigenvalue weighted by Gasteiger charge is -2.30. The predicted molar refractivity (Wildman–Crippen MR) is 46.5 cm³/mol. The third kappa shape index (κ3) is 2.89. The minimum absolute atomic E-state index is 0.476. The average Bonchev–Trinajstić information content (AvgIpc) is 1.97. The highest BCUT2D eigenvalue weighted by molar-refractivity contribution is 6.02. The van der Waals surface area contributed by atoms with Crippen LogP contribution in [0.5, 0.6) is 0 Å². The monoisotopic (exact) mass is 198 g/mol. The van der Waals surface area contributed by atoms with Gasteiger partial charge in [0, 0.05) is 25.2 Å². The van der Waals surface area contributed by atoms with Crippen LogP contribution >= 0.6 is 0 Å². The highest BCUT2D eigenvalue weighted by atomic mass is 16.4. The first kappa shape index (κ1) is 10.2. The number of likely N-dealkylation sites (tertiary alicyclic amines) is 1. The smallest absolute Gasteiger partial charge is 0.328 e. The van der Waals surface area contributed by atoms with Gasteiger partial charge in [-0.05, 0) is 6.42 Å². The molecule has 0 unspecified atom stereocenters. The summed E-state index contributed by atoms with van der Waals surface area (Å²) in [5.41, 5.74) is 0. The molecule has 0 bridgehead atoms. The van der Waals surface area contributed by atoms with Gasteiger partial charge in [-0.2, -0.15) is 0 Å². The highest BCUT2D eigenvalue weighted by Gasteiger charge is 2.20. The Hall–Kier alpha value is -1.85. The Balaban J connectivity index is 2.32. The van der Waals surface area contributed by atoms with Crippen LogP contribution in [-0.4, -0.2) is 41.0 Å². The van der Waals surface area contributed by atoms with Crippen molar-refractivity contribution in [3.05, 3.63) is 12.2 Å². The Morgan fingerprint density at radius 3 is 2.29 bits per heavy atom. The summed E-state index contributed by atoms with van der Waals surface area (Å²) in [6.07, 6.45) is 2.42. The number of carbonyl (C=O) groups is 3. The fraction of sp³-hybridized carbons (Fsp3) is 0.375. The molecule has 1 fully saturated rings. The van der Waals surface area contributed by atoms with Crippen LogP contribution in [0.1, 0.15) is 6.42 Å². The second kappa shape index (κ2) is 4.40. The molecule has 1 heterocycles. The molecule has 1 rings (SSSR count). The summed E-state index contributed by atoms with van der Waals surface area (Å²) >= 11 is 0. The second-order valence-electron chi connectivity index (χ2n) is 2.81. The first-order valence-electron chi connectivity index (χ1n) is 4.10. The zero-order valence-electron chi connectivity index (χ0n) is 7.40. The van der Waals surface area contributed by atoms with Gasteiger partial charge in [-0.15, -0.1) is 0 Å². The second-order valence-corrected chi connectivity index (χ2v) is 2.81. The molecule has 0 aromatic rings. The Morgan fingerprint density at radius 1 is 1.21 bits per heavy atom. The molecule has 1 aliphatic heterocycles. The molecule has 1 aliphatic rings. The van der Waals surface area contributed by atoms with Gasteiger partial charge < -0.3 is 10.0 Å². The van der Waals surface area contributed by atoms with E-state index in [0.29, 0.717) is 19.2 Å². The van der Waals surface area contributed by atoms with Crippen molar-refractivity contribution in [1.82, 2.24) is 10.2 Å². The van der Waals surface area contributed by atoms with Gasteiger partial charge >= 0.3 is 12.0 Å². The van der Waals surface area contributed by atoms with Gasteiger partial charge in [0.15, 0.2) is 0 Å². The maximum absolute atomic E-state index is 11.1. The Bertz CT molecular complexity index is 294. The van der Waals surface area contributed by atoms with Gasteiger partial charge in [-0.1, -0.05) is 0 Å². The summed E-state index contributed by atoms with van der Waals surface area (Å²) < 4.78 is 0. The molecule has 6 heteroatoms. The first-order chi connectivity index (χ1) is 6.59. The van der Waals surface area contributed by atoms with Crippen LogP contribution < -0.4 is 5.32 Å². The van der Waals surface area contributed by atoms with E-state index in [0.717, 1.165) is 12.5 Å². The molecular weight excluding hydrogens is 188 g/mol. The van der Waals surface area contributed by atoms with Crippen LogP contribution in [0.4, 0.5) is 4.79 Å². The summed E-state index contributed by atoms with van der Waals surface area (Å²) in [7, 11) is 0. The number of hydrogen-bond donors (Lipinski definition) is 2. The third-order valence-corrected chi connectivity index (χ3v) is 1.75. The molecule has 0 aliphatic carbocycles.